The fraction of sp³-hybridized carbons (Fsp3) is 0.263. The first-order chi connectivity index (χ1) is 13.6. The van der Waals surface area contributed by atoms with Gasteiger partial charge in [0.2, 0.25) is 10.0 Å². The number of sulfonamides is 1. The standard InChI is InChI=1S/C19H21ClN2O6S/c1-12(19(24)22-16-11-14(20)6-9-17(16)27-2)28-18(23)10-5-13-3-7-15(8-4-13)29(21,25)26/h3-4,6-9,11-12H,5,10H2,1-2H3,(H,22,24)(H2,21,25,26). The maximum atomic E-state index is 12.3. The first kappa shape index (κ1) is 22.7. The maximum Gasteiger partial charge on any atom is 0.306 e. The number of aryl methyl sites for hydroxylation is 1. The van der Waals surface area contributed by atoms with E-state index in [9.17, 15) is 18.0 Å². The minimum atomic E-state index is -3.76. The quantitative estimate of drug-likeness (QED) is 0.607. The second-order valence-corrected chi connectivity index (χ2v) is 8.15. The lowest BCUT2D eigenvalue weighted by atomic mass is 10.1. The molecule has 0 spiro atoms. The van der Waals surface area contributed by atoms with Crippen LogP contribution in [-0.2, 0) is 30.8 Å². The van der Waals surface area contributed by atoms with Gasteiger partial charge in [0.15, 0.2) is 6.10 Å². The number of nitrogens with one attached hydrogen (secondary N) is 1. The van der Waals surface area contributed by atoms with Gasteiger partial charge in [-0.1, -0.05) is 23.7 Å². The largest absolute Gasteiger partial charge is 0.495 e. The molecule has 0 saturated carbocycles. The number of nitrogens with two attached hydrogens (primary N) is 1. The van der Waals surface area contributed by atoms with Gasteiger partial charge in [0.25, 0.3) is 5.91 Å². The lowest BCUT2D eigenvalue weighted by Gasteiger charge is -2.15. The van der Waals surface area contributed by atoms with Crippen molar-refractivity contribution in [3.05, 3.63) is 53.1 Å². The third-order valence-corrected chi connectivity index (χ3v) is 5.13. The van der Waals surface area contributed by atoms with Gasteiger partial charge in [-0.05, 0) is 49.2 Å². The smallest absolute Gasteiger partial charge is 0.306 e. The summed E-state index contributed by atoms with van der Waals surface area (Å²) in [6.07, 6.45) is -0.691. The number of hydrogen-bond acceptors (Lipinski definition) is 6. The zero-order chi connectivity index (χ0) is 21.6. The van der Waals surface area contributed by atoms with Gasteiger partial charge in [-0.15, -0.1) is 0 Å². The third kappa shape index (κ3) is 6.74. The number of amides is 1. The van der Waals surface area contributed by atoms with Crippen LogP contribution in [0.25, 0.3) is 0 Å². The second-order valence-electron chi connectivity index (χ2n) is 6.15. The molecule has 0 aliphatic carbocycles. The molecular weight excluding hydrogens is 420 g/mol. The van der Waals surface area contributed by atoms with Crippen molar-refractivity contribution in [1.29, 1.82) is 0 Å². The van der Waals surface area contributed by atoms with E-state index in [1.807, 2.05) is 0 Å². The van der Waals surface area contributed by atoms with Gasteiger partial charge in [0.1, 0.15) is 5.75 Å². The molecule has 0 saturated heterocycles. The predicted molar refractivity (Wildman–Crippen MR) is 108 cm³/mol. The van der Waals surface area contributed by atoms with Crippen molar-refractivity contribution >= 4 is 39.2 Å². The molecule has 3 N–H and O–H groups in total. The third-order valence-electron chi connectivity index (χ3n) is 3.97. The van der Waals surface area contributed by atoms with Crippen LogP contribution in [0.3, 0.4) is 0 Å². The van der Waals surface area contributed by atoms with Crippen LogP contribution in [-0.4, -0.2) is 33.5 Å². The Labute approximate surface area is 174 Å². The van der Waals surface area contributed by atoms with Crippen LogP contribution in [0.4, 0.5) is 5.69 Å². The van der Waals surface area contributed by atoms with Gasteiger partial charge in [0.05, 0.1) is 17.7 Å². The summed E-state index contributed by atoms with van der Waals surface area (Å²) in [6.45, 7) is 1.45. The molecule has 0 bridgehead atoms. The molecule has 0 radical (unpaired) electrons. The van der Waals surface area contributed by atoms with Crippen LogP contribution >= 0.6 is 11.6 Å². The molecule has 1 atom stereocenters. The summed E-state index contributed by atoms with van der Waals surface area (Å²) in [5, 5.41) is 8.06. The van der Waals surface area contributed by atoms with E-state index in [4.69, 9.17) is 26.2 Å². The lowest BCUT2D eigenvalue weighted by Crippen LogP contribution is -2.30. The Kier molecular flexibility index (Phi) is 7.60. The van der Waals surface area contributed by atoms with Crippen LogP contribution in [0.15, 0.2) is 47.4 Å². The number of anilines is 1. The van der Waals surface area contributed by atoms with E-state index in [-0.39, 0.29) is 11.3 Å². The summed E-state index contributed by atoms with van der Waals surface area (Å²) in [7, 11) is -2.31. The van der Waals surface area contributed by atoms with Gasteiger partial charge in [0, 0.05) is 11.4 Å². The first-order valence-electron chi connectivity index (χ1n) is 8.56. The van der Waals surface area contributed by atoms with E-state index < -0.39 is 28.0 Å². The van der Waals surface area contributed by atoms with Crippen LogP contribution in [0.5, 0.6) is 5.75 Å². The van der Waals surface area contributed by atoms with E-state index in [1.54, 1.807) is 24.3 Å². The first-order valence-corrected chi connectivity index (χ1v) is 10.5. The SMILES string of the molecule is COc1ccc(Cl)cc1NC(=O)C(C)OC(=O)CCc1ccc(S(N)(=O)=O)cc1. The predicted octanol–water partition coefficient (Wildman–Crippen LogP) is 2.50. The number of methoxy groups -OCH3 is 1. The van der Waals surface area contributed by atoms with Gasteiger partial charge >= 0.3 is 5.97 Å². The molecule has 8 nitrogen and oxygen atoms in total. The van der Waals surface area contributed by atoms with Crippen LogP contribution in [0.2, 0.25) is 5.02 Å². The molecule has 2 aromatic rings. The molecular formula is C19H21ClN2O6S. The molecule has 0 aliphatic heterocycles. The number of primary sulfonamides is 1. The summed E-state index contributed by atoms with van der Waals surface area (Å²) < 4.78 is 32.8. The maximum absolute atomic E-state index is 12.3. The number of ether oxygens (including phenoxy) is 2. The topological polar surface area (TPSA) is 125 Å². The molecule has 156 valence electrons. The highest BCUT2D eigenvalue weighted by Crippen LogP contribution is 2.27. The van der Waals surface area contributed by atoms with E-state index >= 15 is 0 Å². The minimum absolute atomic E-state index is 0.00874. The fourth-order valence-corrected chi connectivity index (χ4v) is 3.10. The Morgan fingerprint density at radius 1 is 1.17 bits per heavy atom. The summed E-state index contributed by atoms with van der Waals surface area (Å²) >= 11 is 5.92. The monoisotopic (exact) mass is 440 g/mol. The Balaban J connectivity index is 1.88. The number of rotatable bonds is 8. The van der Waals surface area contributed by atoms with E-state index in [0.29, 0.717) is 22.9 Å². The zero-order valence-electron chi connectivity index (χ0n) is 15.8. The second kappa shape index (κ2) is 9.73. The zero-order valence-corrected chi connectivity index (χ0v) is 17.4. The average molecular weight is 441 g/mol. The number of hydrogen-bond donors (Lipinski definition) is 2. The van der Waals surface area contributed by atoms with Crippen molar-refractivity contribution in [3.8, 4) is 5.75 Å². The van der Waals surface area contributed by atoms with Gasteiger partial charge in [-0.3, -0.25) is 9.59 Å². The summed E-state index contributed by atoms with van der Waals surface area (Å²) in [4.78, 5) is 24.3. The van der Waals surface area contributed by atoms with Crippen LogP contribution in [0.1, 0.15) is 18.9 Å². The summed E-state index contributed by atoms with van der Waals surface area (Å²) in [5.41, 5.74) is 1.10. The molecule has 10 heteroatoms. The number of carbonyl (C=O) groups excluding carboxylic acids is 2. The van der Waals surface area contributed by atoms with Crippen molar-refractivity contribution < 1.29 is 27.5 Å². The number of carbonyl (C=O) groups is 2. The molecule has 2 rings (SSSR count). The van der Waals surface area contributed by atoms with Crippen molar-refractivity contribution in [2.75, 3.05) is 12.4 Å². The Morgan fingerprint density at radius 2 is 1.83 bits per heavy atom. The van der Waals surface area contributed by atoms with Gasteiger partial charge in [-0.2, -0.15) is 0 Å². The Hall–Kier alpha value is -2.62. The van der Waals surface area contributed by atoms with Crippen molar-refractivity contribution in [1.82, 2.24) is 0 Å². The molecule has 1 amide bonds. The minimum Gasteiger partial charge on any atom is -0.495 e. The molecule has 0 fully saturated rings. The van der Waals surface area contributed by atoms with E-state index in [0.717, 1.165) is 5.56 Å². The molecule has 0 aliphatic rings. The normalized spacial score (nSPS) is 12.1. The number of halogens is 1. The summed E-state index contributed by atoms with van der Waals surface area (Å²) in [6, 6.07) is 10.6. The molecule has 2 aromatic carbocycles. The number of esters is 1. The fourth-order valence-electron chi connectivity index (χ4n) is 2.41. The van der Waals surface area contributed by atoms with E-state index in [1.165, 1.54) is 32.2 Å². The highest BCUT2D eigenvalue weighted by Gasteiger charge is 2.19. The average Bonchev–Trinajstić information content (AvgIpc) is 2.66. The van der Waals surface area contributed by atoms with E-state index in [2.05, 4.69) is 5.32 Å². The highest BCUT2D eigenvalue weighted by molar-refractivity contribution is 7.89. The number of benzene rings is 2. The van der Waals surface area contributed by atoms with Crippen LogP contribution < -0.4 is 15.2 Å². The highest BCUT2D eigenvalue weighted by atomic mass is 35.5. The molecule has 0 heterocycles. The Bertz CT molecular complexity index is 992. The Morgan fingerprint density at radius 3 is 2.41 bits per heavy atom. The summed E-state index contributed by atoms with van der Waals surface area (Å²) in [5.74, 6) is -0.679. The van der Waals surface area contributed by atoms with Crippen molar-refractivity contribution in [2.24, 2.45) is 5.14 Å². The molecule has 0 aromatic heterocycles. The molecule has 1 unspecified atom stereocenters. The van der Waals surface area contributed by atoms with Crippen molar-refractivity contribution in [2.45, 2.75) is 30.8 Å². The molecule has 29 heavy (non-hydrogen) atoms. The van der Waals surface area contributed by atoms with Gasteiger partial charge in [-0.25, -0.2) is 13.6 Å². The van der Waals surface area contributed by atoms with Crippen LogP contribution in [0, 0.1) is 0 Å². The lowest BCUT2D eigenvalue weighted by molar-refractivity contribution is -0.153. The van der Waals surface area contributed by atoms with Crippen molar-refractivity contribution in [3.63, 3.8) is 0 Å². The van der Waals surface area contributed by atoms with Gasteiger partial charge < -0.3 is 14.8 Å².